The summed E-state index contributed by atoms with van der Waals surface area (Å²) in [5.74, 6) is 0. The molecule has 2 nitrogen and oxygen atoms in total. The maximum atomic E-state index is 6.55. The van der Waals surface area contributed by atoms with Crippen molar-refractivity contribution in [3.8, 4) is 11.1 Å². The molecule has 1 spiro atoms. The average molecular weight is 606 g/mol. The summed E-state index contributed by atoms with van der Waals surface area (Å²) < 4.78 is 6.55. The van der Waals surface area contributed by atoms with Crippen LogP contribution in [0.2, 0.25) is 0 Å². The largest absolute Gasteiger partial charge is 0.456 e. The van der Waals surface area contributed by atoms with E-state index in [-0.39, 0.29) is 0 Å². The lowest BCUT2D eigenvalue weighted by Gasteiger charge is -2.40. The summed E-state index contributed by atoms with van der Waals surface area (Å²) in [7, 11) is 0. The SMILES string of the molecule is c1ccc(N(c2ccccc2)c2ccc3c(c2)C2(c4ccccc4Sc4cc5c(cc42)oc2ccccc25)c2ccccc2-3)cc1. The first-order valence-corrected chi connectivity index (χ1v) is 16.5. The highest BCUT2D eigenvalue weighted by atomic mass is 32.2. The highest BCUT2D eigenvalue weighted by Gasteiger charge is 2.50. The van der Waals surface area contributed by atoms with Gasteiger partial charge in [-0.3, -0.25) is 0 Å². The molecule has 2 heterocycles. The van der Waals surface area contributed by atoms with Gasteiger partial charge in [0.25, 0.3) is 0 Å². The predicted molar refractivity (Wildman–Crippen MR) is 190 cm³/mol. The fraction of sp³-hybridized carbons (Fsp3) is 0.0233. The van der Waals surface area contributed by atoms with E-state index in [1.54, 1.807) is 0 Å². The first kappa shape index (κ1) is 25.8. The third-order valence-corrected chi connectivity index (χ3v) is 10.8. The van der Waals surface area contributed by atoms with E-state index in [2.05, 4.69) is 163 Å². The van der Waals surface area contributed by atoms with E-state index in [4.69, 9.17) is 4.42 Å². The summed E-state index contributed by atoms with van der Waals surface area (Å²) in [6.07, 6.45) is 0. The Morgan fingerprint density at radius 3 is 1.87 bits per heavy atom. The molecule has 0 saturated carbocycles. The molecule has 3 heteroatoms. The number of benzene rings is 7. The van der Waals surface area contributed by atoms with Crippen LogP contribution in [0.4, 0.5) is 17.1 Å². The van der Waals surface area contributed by atoms with E-state index in [1.807, 2.05) is 17.8 Å². The van der Waals surface area contributed by atoms with Gasteiger partial charge in [0.05, 0.1) is 5.41 Å². The zero-order valence-electron chi connectivity index (χ0n) is 24.9. The molecule has 216 valence electrons. The minimum atomic E-state index is -0.509. The first-order chi connectivity index (χ1) is 22.8. The van der Waals surface area contributed by atoms with E-state index in [9.17, 15) is 0 Å². The molecule has 46 heavy (non-hydrogen) atoms. The zero-order chi connectivity index (χ0) is 30.2. The second kappa shape index (κ2) is 9.74. The van der Waals surface area contributed by atoms with Gasteiger partial charge in [0.1, 0.15) is 11.2 Å². The molecule has 0 amide bonds. The van der Waals surface area contributed by atoms with Crippen LogP contribution in [0, 0.1) is 0 Å². The van der Waals surface area contributed by atoms with Crippen LogP contribution in [0.1, 0.15) is 22.3 Å². The Bertz CT molecular complexity index is 2420. The summed E-state index contributed by atoms with van der Waals surface area (Å²) >= 11 is 1.87. The molecular formula is C43H27NOS. The fourth-order valence-electron chi connectivity index (χ4n) is 7.85. The minimum absolute atomic E-state index is 0.509. The lowest BCUT2D eigenvalue weighted by atomic mass is 9.67. The monoisotopic (exact) mass is 605 g/mol. The van der Waals surface area contributed by atoms with Gasteiger partial charge in [0.2, 0.25) is 0 Å². The van der Waals surface area contributed by atoms with Crippen molar-refractivity contribution in [3.63, 3.8) is 0 Å². The minimum Gasteiger partial charge on any atom is -0.456 e. The number of hydrogen-bond donors (Lipinski definition) is 0. The highest BCUT2D eigenvalue weighted by molar-refractivity contribution is 7.99. The van der Waals surface area contributed by atoms with Crippen molar-refractivity contribution in [1.29, 1.82) is 0 Å². The first-order valence-electron chi connectivity index (χ1n) is 15.7. The smallest absolute Gasteiger partial charge is 0.135 e. The Labute approximate surface area is 271 Å². The van der Waals surface area contributed by atoms with Crippen molar-refractivity contribution in [3.05, 3.63) is 186 Å². The number of hydrogen-bond acceptors (Lipinski definition) is 3. The molecule has 0 bridgehead atoms. The molecule has 10 rings (SSSR count). The topological polar surface area (TPSA) is 16.4 Å². The third kappa shape index (κ3) is 3.49. The zero-order valence-corrected chi connectivity index (χ0v) is 25.7. The van der Waals surface area contributed by atoms with Gasteiger partial charge in [-0.05, 0) is 94.0 Å². The van der Waals surface area contributed by atoms with Gasteiger partial charge in [0.15, 0.2) is 0 Å². The lowest BCUT2D eigenvalue weighted by Crippen LogP contribution is -2.32. The van der Waals surface area contributed by atoms with Gasteiger partial charge in [0, 0.05) is 37.6 Å². The number of para-hydroxylation sites is 3. The molecule has 1 unspecified atom stereocenters. The van der Waals surface area contributed by atoms with Crippen LogP contribution >= 0.6 is 11.8 Å². The Kier molecular flexibility index (Phi) is 5.46. The van der Waals surface area contributed by atoms with Crippen LogP contribution in [-0.4, -0.2) is 0 Å². The number of furan rings is 1. The summed E-state index contributed by atoms with van der Waals surface area (Å²) in [5.41, 5.74) is 12.5. The van der Waals surface area contributed by atoms with Gasteiger partial charge >= 0.3 is 0 Å². The Morgan fingerprint density at radius 2 is 1.07 bits per heavy atom. The van der Waals surface area contributed by atoms with Crippen LogP contribution in [0.15, 0.2) is 178 Å². The van der Waals surface area contributed by atoms with Crippen molar-refractivity contribution >= 4 is 50.8 Å². The molecule has 7 aromatic carbocycles. The third-order valence-electron chi connectivity index (χ3n) is 9.71. The van der Waals surface area contributed by atoms with E-state index < -0.39 is 5.41 Å². The van der Waals surface area contributed by atoms with E-state index in [0.29, 0.717) is 0 Å². The quantitative estimate of drug-likeness (QED) is 0.199. The lowest BCUT2D eigenvalue weighted by molar-refractivity contribution is 0.662. The summed E-state index contributed by atoms with van der Waals surface area (Å²) in [4.78, 5) is 4.93. The van der Waals surface area contributed by atoms with Crippen LogP contribution in [0.25, 0.3) is 33.1 Å². The number of anilines is 3. The molecular weight excluding hydrogens is 579 g/mol. The Hall–Kier alpha value is -5.51. The number of rotatable bonds is 3. The van der Waals surface area contributed by atoms with E-state index in [0.717, 1.165) is 39.0 Å². The number of fused-ring (bicyclic) bond motifs is 12. The van der Waals surface area contributed by atoms with Gasteiger partial charge in [-0.25, -0.2) is 0 Å². The highest BCUT2D eigenvalue weighted by Crippen LogP contribution is 2.63. The summed E-state index contributed by atoms with van der Waals surface area (Å²) in [6.45, 7) is 0. The molecule has 1 atom stereocenters. The van der Waals surface area contributed by atoms with E-state index >= 15 is 0 Å². The van der Waals surface area contributed by atoms with Gasteiger partial charge < -0.3 is 9.32 Å². The fourth-order valence-corrected chi connectivity index (χ4v) is 9.06. The van der Waals surface area contributed by atoms with Gasteiger partial charge in [-0.15, -0.1) is 0 Å². The van der Waals surface area contributed by atoms with Crippen molar-refractivity contribution in [1.82, 2.24) is 0 Å². The molecule has 1 aliphatic heterocycles. The molecule has 1 aliphatic carbocycles. The number of nitrogens with zero attached hydrogens (tertiary/aromatic N) is 1. The molecule has 0 saturated heterocycles. The second-order valence-electron chi connectivity index (χ2n) is 12.1. The Morgan fingerprint density at radius 1 is 0.413 bits per heavy atom. The van der Waals surface area contributed by atoms with Crippen LogP contribution < -0.4 is 4.90 Å². The normalized spacial score (nSPS) is 15.8. The molecule has 8 aromatic rings. The molecule has 0 fully saturated rings. The molecule has 1 aromatic heterocycles. The van der Waals surface area contributed by atoms with Gasteiger partial charge in [-0.2, -0.15) is 0 Å². The second-order valence-corrected chi connectivity index (χ2v) is 13.2. The van der Waals surface area contributed by atoms with Crippen molar-refractivity contribution in [2.75, 3.05) is 4.90 Å². The average Bonchev–Trinajstić information content (AvgIpc) is 3.62. The summed E-state index contributed by atoms with van der Waals surface area (Å²) in [6, 6.07) is 59.4. The van der Waals surface area contributed by atoms with Crippen LogP contribution in [0.3, 0.4) is 0 Å². The maximum absolute atomic E-state index is 6.55. The van der Waals surface area contributed by atoms with Crippen molar-refractivity contribution in [2.24, 2.45) is 0 Å². The Balaban J connectivity index is 1.31. The molecule has 0 radical (unpaired) electrons. The standard InChI is InChI=1S/C43H27NOS/c1-3-13-28(14-4-1)44(29-15-5-2-6-16-29)30-23-24-32-31-17-7-9-19-35(31)43(37(32)25-30)36-20-10-12-22-41(36)46-42-26-34-33-18-8-11-21-39(33)45-40(34)27-38(42)43/h1-27H. The molecule has 2 aliphatic rings. The van der Waals surface area contributed by atoms with Gasteiger partial charge in [-0.1, -0.05) is 115 Å². The van der Waals surface area contributed by atoms with Crippen LogP contribution in [-0.2, 0) is 5.41 Å². The van der Waals surface area contributed by atoms with Crippen molar-refractivity contribution < 1.29 is 4.42 Å². The summed E-state index contributed by atoms with van der Waals surface area (Å²) in [5, 5.41) is 2.32. The predicted octanol–water partition coefficient (Wildman–Crippen LogP) is 11.9. The van der Waals surface area contributed by atoms with Crippen molar-refractivity contribution in [2.45, 2.75) is 15.2 Å². The maximum Gasteiger partial charge on any atom is 0.135 e. The van der Waals surface area contributed by atoms with E-state index in [1.165, 1.54) is 43.2 Å². The molecule has 0 N–H and O–H groups in total. The van der Waals surface area contributed by atoms with Crippen LogP contribution in [0.5, 0.6) is 0 Å².